The summed E-state index contributed by atoms with van der Waals surface area (Å²) in [5, 5.41) is 11.4. The molecule has 0 N–H and O–H groups in total. The van der Waals surface area contributed by atoms with Crippen molar-refractivity contribution in [1.82, 2.24) is 19.5 Å². The van der Waals surface area contributed by atoms with Gasteiger partial charge in [0.25, 0.3) is 0 Å². The van der Waals surface area contributed by atoms with Crippen LogP contribution in [0, 0.1) is 0 Å². The lowest BCUT2D eigenvalue weighted by atomic mass is 10.0. The third-order valence-corrected chi connectivity index (χ3v) is 11.8. The van der Waals surface area contributed by atoms with Gasteiger partial charge in [-0.3, -0.25) is 0 Å². The molecular formula is C53H30N4O2. The van der Waals surface area contributed by atoms with Crippen molar-refractivity contribution in [3.05, 3.63) is 182 Å². The molecule has 59 heavy (non-hydrogen) atoms. The number of furan rings is 2. The first kappa shape index (κ1) is 32.0. The summed E-state index contributed by atoms with van der Waals surface area (Å²) in [5.74, 6) is 1.63. The van der Waals surface area contributed by atoms with E-state index >= 15 is 0 Å². The van der Waals surface area contributed by atoms with Crippen LogP contribution in [-0.4, -0.2) is 19.5 Å². The van der Waals surface area contributed by atoms with Crippen LogP contribution >= 0.6 is 0 Å². The van der Waals surface area contributed by atoms with E-state index in [4.69, 9.17) is 23.8 Å². The highest BCUT2D eigenvalue weighted by atomic mass is 16.3. The highest BCUT2D eigenvalue weighted by Gasteiger charge is 2.23. The minimum absolute atomic E-state index is 0.515. The number of rotatable bonds is 4. The summed E-state index contributed by atoms with van der Waals surface area (Å²) in [5.41, 5.74) is 8.85. The lowest BCUT2D eigenvalue weighted by Gasteiger charge is -2.13. The zero-order chi connectivity index (χ0) is 38.6. The molecule has 0 aliphatic rings. The third-order valence-electron chi connectivity index (χ3n) is 11.8. The van der Waals surface area contributed by atoms with Crippen LogP contribution < -0.4 is 0 Å². The molecule has 4 heterocycles. The van der Waals surface area contributed by atoms with Gasteiger partial charge in [-0.15, -0.1) is 0 Å². The topological polar surface area (TPSA) is 69.9 Å². The maximum absolute atomic E-state index is 6.76. The normalized spacial score (nSPS) is 12.1. The second-order valence-electron chi connectivity index (χ2n) is 15.2. The molecule has 0 unspecified atom stereocenters. The van der Waals surface area contributed by atoms with Gasteiger partial charge in [0.1, 0.15) is 22.3 Å². The number of para-hydroxylation sites is 2. The second kappa shape index (κ2) is 12.2. The fourth-order valence-corrected chi connectivity index (χ4v) is 9.06. The summed E-state index contributed by atoms with van der Waals surface area (Å²) in [7, 11) is 0. The molecule has 0 fully saturated rings. The number of aromatic nitrogens is 4. The highest BCUT2D eigenvalue weighted by molar-refractivity contribution is 6.23. The Bertz CT molecular complexity index is 3860. The average molecular weight is 755 g/mol. The largest absolute Gasteiger partial charge is 0.456 e. The van der Waals surface area contributed by atoms with Crippen molar-refractivity contribution in [3.8, 4) is 39.9 Å². The quantitative estimate of drug-likeness (QED) is 0.179. The van der Waals surface area contributed by atoms with Crippen LogP contribution in [0.2, 0.25) is 0 Å². The van der Waals surface area contributed by atoms with E-state index < -0.39 is 0 Å². The van der Waals surface area contributed by atoms with Gasteiger partial charge >= 0.3 is 0 Å². The molecule has 6 heteroatoms. The molecule has 4 aromatic heterocycles. The lowest BCUT2D eigenvalue weighted by molar-refractivity contribution is 0.668. The number of hydrogen-bond donors (Lipinski definition) is 0. The van der Waals surface area contributed by atoms with Crippen molar-refractivity contribution in [2.75, 3.05) is 0 Å². The molecular weight excluding hydrogens is 725 g/mol. The second-order valence-corrected chi connectivity index (χ2v) is 15.2. The Balaban J connectivity index is 1.13. The van der Waals surface area contributed by atoms with Crippen LogP contribution in [0.3, 0.4) is 0 Å². The standard InChI is InChI=1S/C53H30N4O2/c1-2-13-32(14-3-1)51-54-52(35-22-24-40-38-18-8-10-20-46(38)58-48(40)28-35)56-53(55-51)43-30-36(29-41-39-19-9-11-21-47(39)59-50(41)43)57-44-25-23-31-12-6-7-17-37(31)49(44)42-26-33-15-4-5-16-34(33)27-45(42)57/h1-30H. The van der Waals surface area contributed by atoms with Crippen LogP contribution in [0.25, 0.3) is 127 Å². The average Bonchev–Trinajstić information content (AvgIpc) is 3.97. The van der Waals surface area contributed by atoms with E-state index in [2.05, 4.69) is 120 Å². The first-order chi connectivity index (χ1) is 29.2. The zero-order valence-corrected chi connectivity index (χ0v) is 31.4. The van der Waals surface area contributed by atoms with Crippen LogP contribution in [0.5, 0.6) is 0 Å². The molecule has 13 rings (SSSR count). The smallest absolute Gasteiger partial charge is 0.167 e. The molecule has 13 aromatic rings. The van der Waals surface area contributed by atoms with E-state index in [0.29, 0.717) is 17.5 Å². The monoisotopic (exact) mass is 754 g/mol. The van der Waals surface area contributed by atoms with Crippen molar-refractivity contribution in [3.63, 3.8) is 0 Å². The Kier molecular flexibility index (Phi) is 6.63. The third kappa shape index (κ3) is 4.84. The molecule has 0 aliphatic heterocycles. The molecule has 0 aliphatic carbocycles. The van der Waals surface area contributed by atoms with E-state index in [1.54, 1.807) is 0 Å². The van der Waals surface area contributed by atoms with Gasteiger partial charge in [-0.05, 0) is 76.1 Å². The van der Waals surface area contributed by atoms with Crippen molar-refractivity contribution in [2.45, 2.75) is 0 Å². The van der Waals surface area contributed by atoms with Crippen LogP contribution in [0.4, 0.5) is 0 Å². The van der Waals surface area contributed by atoms with Gasteiger partial charge in [0.15, 0.2) is 17.5 Å². The Morgan fingerprint density at radius 1 is 0.356 bits per heavy atom. The molecule has 0 saturated heterocycles. The summed E-state index contributed by atoms with van der Waals surface area (Å²) < 4.78 is 15.5. The number of nitrogens with zero attached hydrogens (tertiary/aromatic N) is 4. The van der Waals surface area contributed by atoms with E-state index in [9.17, 15) is 0 Å². The van der Waals surface area contributed by atoms with Gasteiger partial charge in [-0.1, -0.05) is 127 Å². The maximum Gasteiger partial charge on any atom is 0.167 e. The molecule has 0 radical (unpaired) electrons. The Morgan fingerprint density at radius 2 is 0.983 bits per heavy atom. The fraction of sp³-hybridized carbons (Fsp3) is 0. The van der Waals surface area contributed by atoms with E-state index in [-0.39, 0.29) is 0 Å². The number of fused-ring (bicyclic) bond motifs is 12. The predicted octanol–water partition coefficient (Wildman–Crippen LogP) is 14.1. The summed E-state index contributed by atoms with van der Waals surface area (Å²) in [6.45, 7) is 0. The zero-order valence-electron chi connectivity index (χ0n) is 31.4. The van der Waals surface area contributed by atoms with E-state index in [1.807, 2.05) is 66.7 Å². The molecule has 274 valence electrons. The van der Waals surface area contributed by atoms with E-state index in [1.165, 1.54) is 32.3 Å². The van der Waals surface area contributed by atoms with Crippen molar-refractivity contribution in [2.24, 2.45) is 0 Å². The first-order valence-electron chi connectivity index (χ1n) is 19.8. The van der Waals surface area contributed by atoms with Crippen LogP contribution in [0.15, 0.2) is 191 Å². The lowest BCUT2D eigenvalue weighted by Crippen LogP contribution is -2.01. The molecule has 0 amide bonds. The molecule has 0 atom stereocenters. The summed E-state index contributed by atoms with van der Waals surface area (Å²) in [6, 6.07) is 63.4. The Labute approximate surface area is 336 Å². The van der Waals surface area contributed by atoms with Crippen molar-refractivity contribution < 1.29 is 8.83 Å². The summed E-state index contributed by atoms with van der Waals surface area (Å²) >= 11 is 0. The van der Waals surface area contributed by atoms with Gasteiger partial charge in [-0.2, -0.15) is 0 Å². The SMILES string of the molecule is c1ccc(-c2nc(-c3ccc4c(c3)oc3ccccc34)nc(-c3cc(-n4c5cc6ccccc6cc5c5c6ccccc6ccc54)cc4c3oc3ccccc34)n2)cc1. The predicted molar refractivity (Wildman–Crippen MR) is 240 cm³/mol. The van der Waals surface area contributed by atoms with Crippen molar-refractivity contribution >= 4 is 87.2 Å². The van der Waals surface area contributed by atoms with Gasteiger partial charge in [-0.25, -0.2) is 15.0 Å². The molecule has 9 aromatic carbocycles. The maximum atomic E-state index is 6.76. The summed E-state index contributed by atoms with van der Waals surface area (Å²) in [4.78, 5) is 15.6. The summed E-state index contributed by atoms with van der Waals surface area (Å²) in [6.07, 6.45) is 0. The number of benzene rings is 9. The molecule has 6 nitrogen and oxygen atoms in total. The van der Waals surface area contributed by atoms with E-state index in [0.717, 1.165) is 77.3 Å². The molecule has 0 spiro atoms. The minimum Gasteiger partial charge on any atom is -0.456 e. The Morgan fingerprint density at radius 3 is 1.80 bits per heavy atom. The van der Waals surface area contributed by atoms with Gasteiger partial charge in [0.2, 0.25) is 0 Å². The van der Waals surface area contributed by atoms with Crippen molar-refractivity contribution in [1.29, 1.82) is 0 Å². The number of hydrogen-bond acceptors (Lipinski definition) is 5. The van der Waals surface area contributed by atoms with Crippen LogP contribution in [-0.2, 0) is 0 Å². The van der Waals surface area contributed by atoms with Gasteiger partial charge in [0, 0.05) is 49.1 Å². The first-order valence-corrected chi connectivity index (χ1v) is 19.8. The molecule has 0 saturated carbocycles. The van der Waals surface area contributed by atoms with Gasteiger partial charge < -0.3 is 13.4 Å². The van der Waals surface area contributed by atoms with Crippen LogP contribution in [0.1, 0.15) is 0 Å². The molecule has 0 bridgehead atoms. The Hall–Kier alpha value is -8.09. The minimum atomic E-state index is 0.515. The highest BCUT2D eigenvalue weighted by Crippen LogP contribution is 2.43. The van der Waals surface area contributed by atoms with Gasteiger partial charge in [0.05, 0.1) is 16.6 Å². The fourth-order valence-electron chi connectivity index (χ4n) is 9.06.